The lowest BCUT2D eigenvalue weighted by atomic mass is 9.68. The van der Waals surface area contributed by atoms with Crippen LogP contribution in [0.3, 0.4) is 0 Å². The van der Waals surface area contributed by atoms with Gasteiger partial charge in [0, 0.05) is 13.1 Å². The molecule has 1 heterocycles. The molecule has 0 unspecified atom stereocenters. The predicted molar refractivity (Wildman–Crippen MR) is 88.1 cm³/mol. The Labute approximate surface area is 141 Å². The van der Waals surface area contributed by atoms with Gasteiger partial charge in [-0.15, -0.1) is 0 Å². The minimum absolute atomic E-state index is 0.0950. The number of carbonyl (C=O) groups excluding carboxylic acids is 1. The first-order valence-electron chi connectivity index (χ1n) is 8.81. The van der Waals surface area contributed by atoms with Crippen LogP contribution in [-0.2, 0) is 15.0 Å². The molecule has 1 aromatic rings. The summed E-state index contributed by atoms with van der Waals surface area (Å²) in [5.41, 5.74) is 0.330. The molecule has 1 N–H and O–H groups in total. The summed E-state index contributed by atoms with van der Waals surface area (Å²) in [6.07, 6.45) is 5.72. The van der Waals surface area contributed by atoms with Gasteiger partial charge < -0.3 is 10.0 Å². The second-order valence-electron chi connectivity index (χ2n) is 7.05. The van der Waals surface area contributed by atoms with E-state index in [9.17, 15) is 14.0 Å². The molecule has 1 aliphatic heterocycles. The summed E-state index contributed by atoms with van der Waals surface area (Å²) in [6, 6.07) is 6.33. The highest BCUT2D eigenvalue weighted by molar-refractivity contribution is 5.88. The molecule has 1 aliphatic carbocycles. The van der Waals surface area contributed by atoms with Gasteiger partial charge in [-0.2, -0.15) is 0 Å². The SMILES string of the molecule is O=C(O)C1CCN(C(=O)C2(c3ccc(F)cc3)CCCCC2)CC1. The van der Waals surface area contributed by atoms with Crippen molar-refractivity contribution in [2.45, 2.75) is 50.4 Å². The molecule has 1 aromatic carbocycles. The molecule has 1 amide bonds. The van der Waals surface area contributed by atoms with Crippen LogP contribution in [0.15, 0.2) is 24.3 Å². The Morgan fingerprint density at radius 2 is 1.62 bits per heavy atom. The van der Waals surface area contributed by atoms with Crippen LogP contribution in [0.1, 0.15) is 50.5 Å². The molecular formula is C19H24FNO3. The van der Waals surface area contributed by atoms with E-state index in [1.165, 1.54) is 12.1 Å². The highest BCUT2D eigenvalue weighted by Gasteiger charge is 2.44. The Hall–Kier alpha value is -1.91. The average molecular weight is 333 g/mol. The zero-order valence-corrected chi connectivity index (χ0v) is 13.8. The Bertz CT molecular complexity index is 600. The fraction of sp³-hybridized carbons (Fsp3) is 0.579. The molecular weight excluding hydrogens is 309 g/mol. The molecule has 0 atom stereocenters. The number of piperidine rings is 1. The number of amides is 1. The smallest absolute Gasteiger partial charge is 0.306 e. The summed E-state index contributed by atoms with van der Waals surface area (Å²) in [5, 5.41) is 9.13. The highest BCUT2D eigenvalue weighted by Crippen LogP contribution is 2.41. The van der Waals surface area contributed by atoms with E-state index in [1.54, 1.807) is 12.1 Å². The van der Waals surface area contributed by atoms with Gasteiger partial charge in [-0.3, -0.25) is 9.59 Å². The zero-order chi connectivity index (χ0) is 17.2. The molecule has 130 valence electrons. The van der Waals surface area contributed by atoms with Gasteiger partial charge in [0.15, 0.2) is 0 Å². The minimum Gasteiger partial charge on any atom is -0.481 e. The standard InChI is InChI=1S/C19H24FNO3/c20-16-6-4-15(5-7-16)19(10-2-1-3-11-19)18(24)21-12-8-14(9-13-21)17(22)23/h4-7,14H,1-3,8-13H2,(H,22,23). The van der Waals surface area contributed by atoms with Gasteiger partial charge in [-0.1, -0.05) is 31.4 Å². The van der Waals surface area contributed by atoms with Crippen LogP contribution in [0.25, 0.3) is 0 Å². The van der Waals surface area contributed by atoms with Gasteiger partial charge >= 0.3 is 5.97 Å². The Balaban J connectivity index is 1.82. The Morgan fingerprint density at radius 3 is 2.17 bits per heavy atom. The van der Waals surface area contributed by atoms with E-state index in [2.05, 4.69) is 0 Å². The third-order valence-electron chi connectivity index (χ3n) is 5.64. The lowest BCUT2D eigenvalue weighted by Crippen LogP contribution is -2.51. The van der Waals surface area contributed by atoms with Crippen molar-refractivity contribution in [2.75, 3.05) is 13.1 Å². The third-order valence-corrected chi connectivity index (χ3v) is 5.64. The number of benzene rings is 1. The van der Waals surface area contributed by atoms with Gasteiger partial charge in [-0.25, -0.2) is 4.39 Å². The van der Waals surface area contributed by atoms with Crippen molar-refractivity contribution in [3.8, 4) is 0 Å². The van der Waals surface area contributed by atoms with E-state index in [1.807, 2.05) is 4.90 Å². The zero-order valence-electron chi connectivity index (χ0n) is 13.8. The van der Waals surface area contributed by atoms with Crippen molar-refractivity contribution in [3.63, 3.8) is 0 Å². The molecule has 2 fully saturated rings. The topological polar surface area (TPSA) is 57.6 Å². The van der Waals surface area contributed by atoms with E-state index >= 15 is 0 Å². The molecule has 1 saturated heterocycles. The second-order valence-corrected chi connectivity index (χ2v) is 7.05. The van der Waals surface area contributed by atoms with Crippen LogP contribution in [0.2, 0.25) is 0 Å². The van der Waals surface area contributed by atoms with E-state index in [0.717, 1.165) is 37.7 Å². The number of hydrogen-bond donors (Lipinski definition) is 1. The van der Waals surface area contributed by atoms with Crippen LogP contribution in [0.4, 0.5) is 4.39 Å². The quantitative estimate of drug-likeness (QED) is 0.923. The number of rotatable bonds is 3. The van der Waals surface area contributed by atoms with Crippen LogP contribution < -0.4 is 0 Å². The van der Waals surface area contributed by atoms with Crippen molar-refractivity contribution in [1.82, 2.24) is 4.90 Å². The first-order chi connectivity index (χ1) is 11.5. The maximum atomic E-state index is 13.3. The molecule has 2 aliphatic rings. The number of likely N-dealkylation sites (tertiary alicyclic amines) is 1. The number of carboxylic acid groups (broad SMARTS) is 1. The summed E-state index contributed by atoms with van der Waals surface area (Å²) >= 11 is 0. The Morgan fingerprint density at radius 1 is 1.04 bits per heavy atom. The number of hydrogen-bond acceptors (Lipinski definition) is 2. The van der Waals surface area contributed by atoms with Gasteiger partial charge in [-0.05, 0) is 43.4 Å². The van der Waals surface area contributed by atoms with E-state index < -0.39 is 11.4 Å². The molecule has 3 rings (SSSR count). The van der Waals surface area contributed by atoms with Gasteiger partial charge in [0.05, 0.1) is 11.3 Å². The van der Waals surface area contributed by atoms with Crippen molar-refractivity contribution < 1.29 is 19.1 Å². The highest BCUT2D eigenvalue weighted by atomic mass is 19.1. The second kappa shape index (κ2) is 6.91. The van der Waals surface area contributed by atoms with Crippen molar-refractivity contribution in [2.24, 2.45) is 5.92 Å². The minimum atomic E-state index is -0.770. The fourth-order valence-corrected chi connectivity index (χ4v) is 4.18. The molecule has 0 radical (unpaired) electrons. The van der Waals surface area contributed by atoms with Gasteiger partial charge in [0.25, 0.3) is 0 Å². The normalized spacial score (nSPS) is 21.5. The molecule has 1 saturated carbocycles. The van der Waals surface area contributed by atoms with Crippen molar-refractivity contribution in [3.05, 3.63) is 35.6 Å². The predicted octanol–water partition coefficient (Wildman–Crippen LogP) is 3.35. The average Bonchev–Trinajstić information content (AvgIpc) is 2.62. The van der Waals surface area contributed by atoms with Crippen LogP contribution in [-0.4, -0.2) is 35.0 Å². The Kier molecular flexibility index (Phi) is 4.88. The lowest BCUT2D eigenvalue weighted by Gasteiger charge is -2.42. The number of carboxylic acids is 1. The maximum Gasteiger partial charge on any atom is 0.306 e. The summed E-state index contributed by atoms with van der Waals surface area (Å²) in [7, 11) is 0. The third kappa shape index (κ3) is 3.17. The summed E-state index contributed by atoms with van der Waals surface area (Å²) in [6.45, 7) is 0.998. The molecule has 24 heavy (non-hydrogen) atoms. The fourth-order valence-electron chi connectivity index (χ4n) is 4.18. The first-order valence-corrected chi connectivity index (χ1v) is 8.81. The summed E-state index contributed by atoms with van der Waals surface area (Å²) < 4.78 is 13.3. The maximum absolute atomic E-state index is 13.3. The van der Waals surface area contributed by atoms with E-state index in [4.69, 9.17) is 5.11 Å². The van der Waals surface area contributed by atoms with Gasteiger partial charge in [0.2, 0.25) is 5.91 Å². The monoisotopic (exact) mass is 333 g/mol. The number of nitrogens with zero attached hydrogens (tertiary/aromatic N) is 1. The van der Waals surface area contributed by atoms with Crippen molar-refractivity contribution in [1.29, 1.82) is 0 Å². The number of carbonyl (C=O) groups is 2. The van der Waals surface area contributed by atoms with Crippen molar-refractivity contribution >= 4 is 11.9 Å². The lowest BCUT2D eigenvalue weighted by molar-refractivity contribution is -0.148. The molecule has 0 aromatic heterocycles. The first kappa shape index (κ1) is 16.9. The van der Waals surface area contributed by atoms with Crippen LogP contribution in [0, 0.1) is 11.7 Å². The summed E-state index contributed by atoms with van der Waals surface area (Å²) in [4.78, 5) is 26.3. The largest absolute Gasteiger partial charge is 0.481 e. The molecule has 0 bridgehead atoms. The molecule has 5 heteroatoms. The van der Waals surface area contributed by atoms with Crippen LogP contribution in [0.5, 0.6) is 0 Å². The van der Waals surface area contributed by atoms with Crippen LogP contribution >= 0.6 is 0 Å². The van der Waals surface area contributed by atoms with Gasteiger partial charge in [0.1, 0.15) is 5.82 Å². The summed E-state index contributed by atoms with van der Waals surface area (Å²) in [5.74, 6) is -1.31. The number of halogens is 1. The van der Waals surface area contributed by atoms with E-state index in [0.29, 0.717) is 25.9 Å². The molecule has 4 nitrogen and oxygen atoms in total. The van der Waals surface area contributed by atoms with E-state index in [-0.39, 0.29) is 17.6 Å². The molecule has 0 spiro atoms. The number of aliphatic carboxylic acids is 1.